The minimum Gasteiger partial charge on any atom is -0.388 e. The highest BCUT2D eigenvalue weighted by Crippen LogP contribution is 2.38. The summed E-state index contributed by atoms with van der Waals surface area (Å²) in [5.74, 6) is 0. The predicted molar refractivity (Wildman–Crippen MR) is 72.8 cm³/mol. The summed E-state index contributed by atoms with van der Waals surface area (Å²) >= 11 is 5.86. The molecular formula is C14H20ClNO2. The lowest BCUT2D eigenvalue weighted by atomic mass is 9.77. The Morgan fingerprint density at radius 2 is 2.06 bits per heavy atom. The van der Waals surface area contributed by atoms with Crippen molar-refractivity contribution >= 4 is 11.6 Å². The molecule has 2 rings (SSSR count). The van der Waals surface area contributed by atoms with Crippen LogP contribution in [0.25, 0.3) is 0 Å². The molecule has 1 aliphatic heterocycles. The molecule has 1 aromatic rings. The molecule has 4 heteroatoms. The number of hydrogen-bond donors (Lipinski definition) is 2. The molecule has 2 atom stereocenters. The second kappa shape index (κ2) is 5.57. The first-order valence-corrected chi connectivity index (χ1v) is 6.65. The van der Waals surface area contributed by atoms with Crippen LogP contribution in [0, 0.1) is 5.41 Å². The second-order valence-corrected chi connectivity index (χ2v) is 5.78. The average Bonchev–Trinajstić information content (AvgIpc) is 2.40. The maximum absolute atomic E-state index is 10.5. The van der Waals surface area contributed by atoms with Crippen molar-refractivity contribution in [2.45, 2.75) is 26.1 Å². The highest BCUT2D eigenvalue weighted by Gasteiger charge is 2.38. The number of aliphatic hydroxyl groups excluding tert-OH is 1. The molecule has 0 bridgehead atoms. The lowest BCUT2D eigenvalue weighted by Crippen LogP contribution is -2.48. The van der Waals surface area contributed by atoms with Crippen LogP contribution in [0.15, 0.2) is 24.3 Å². The molecule has 100 valence electrons. The molecule has 1 aromatic carbocycles. The van der Waals surface area contributed by atoms with Crippen LogP contribution >= 0.6 is 11.6 Å². The van der Waals surface area contributed by atoms with Crippen LogP contribution in [-0.4, -0.2) is 30.9 Å². The molecule has 1 heterocycles. The molecule has 2 unspecified atom stereocenters. The molecule has 18 heavy (non-hydrogen) atoms. The van der Waals surface area contributed by atoms with Crippen LogP contribution in [0.2, 0.25) is 5.02 Å². The van der Waals surface area contributed by atoms with E-state index >= 15 is 0 Å². The van der Waals surface area contributed by atoms with E-state index in [2.05, 4.69) is 5.32 Å². The van der Waals surface area contributed by atoms with Gasteiger partial charge >= 0.3 is 0 Å². The Hall–Kier alpha value is -0.610. The zero-order valence-electron chi connectivity index (χ0n) is 10.8. The lowest BCUT2D eigenvalue weighted by molar-refractivity contribution is -0.0976. The second-order valence-electron chi connectivity index (χ2n) is 5.34. The van der Waals surface area contributed by atoms with Gasteiger partial charge in [-0.1, -0.05) is 37.6 Å². The fourth-order valence-electron chi connectivity index (χ4n) is 2.29. The van der Waals surface area contributed by atoms with Crippen LogP contribution in [0.3, 0.4) is 0 Å². The summed E-state index contributed by atoms with van der Waals surface area (Å²) in [7, 11) is 0. The van der Waals surface area contributed by atoms with E-state index in [4.69, 9.17) is 16.3 Å². The summed E-state index contributed by atoms with van der Waals surface area (Å²) in [5.41, 5.74) is 0.528. The van der Waals surface area contributed by atoms with Gasteiger partial charge in [0.2, 0.25) is 0 Å². The van der Waals surface area contributed by atoms with E-state index in [9.17, 15) is 5.11 Å². The van der Waals surface area contributed by atoms with Gasteiger partial charge in [-0.3, -0.25) is 0 Å². The summed E-state index contributed by atoms with van der Waals surface area (Å²) < 4.78 is 5.76. The van der Waals surface area contributed by atoms with Crippen molar-refractivity contribution < 1.29 is 9.84 Å². The van der Waals surface area contributed by atoms with E-state index in [0.717, 1.165) is 18.7 Å². The van der Waals surface area contributed by atoms with Gasteiger partial charge in [-0.25, -0.2) is 0 Å². The first kappa shape index (κ1) is 13.8. The fourth-order valence-corrected chi connectivity index (χ4v) is 2.42. The molecule has 1 saturated heterocycles. The molecule has 0 aromatic heterocycles. The van der Waals surface area contributed by atoms with Crippen molar-refractivity contribution in [3.63, 3.8) is 0 Å². The zero-order chi connectivity index (χ0) is 13.2. The third-order valence-electron chi connectivity index (χ3n) is 3.65. The van der Waals surface area contributed by atoms with E-state index in [1.165, 1.54) is 0 Å². The molecule has 0 saturated carbocycles. The summed E-state index contributed by atoms with van der Waals surface area (Å²) in [4.78, 5) is 0. The summed E-state index contributed by atoms with van der Waals surface area (Å²) in [6, 6.07) is 7.34. The Bertz CT molecular complexity index is 385. The number of morpholine rings is 1. The standard InChI is InChI=1S/C14H20ClNO2/c1-14(2,12-9-16-7-8-18-12)13(17)10-3-5-11(15)6-4-10/h3-6,12-13,16-17H,7-9H2,1-2H3. The fraction of sp³-hybridized carbons (Fsp3) is 0.571. The van der Waals surface area contributed by atoms with Crippen LogP contribution in [-0.2, 0) is 4.74 Å². The lowest BCUT2D eigenvalue weighted by Gasteiger charge is -2.40. The van der Waals surface area contributed by atoms with Crippen LogP contribution in [0.4, 0.5) is 0 Å². The molecule has 1 aliphatic rings. The first-order chi connectivity index (χ1) is 8.51. The molecule has 0 amide bonds. The smallest absolute Gasteiger partial charge is 0.0866 e. The van der Waals surface area contributed by atoms with Gasteiger partial charge < -0.3 is 15.2 Å². The Labute approximate surface area is 113 Å². The Kier molecular flexibility index (Phi) is 4.28. The minimum absolute atomic E-state index is 0.0110. The van der Waals surface area contributed by atoms with Crippen molar-refractivity contribution in [1.29, 1.82) is 0 Å². The molecule has 3 nitrogen and oxygen atoms in total. The molecular weight excluding hydrogens is 250 g/mol. The third kappa shape index (κ3) is 2.86. The Morgan fingerprint density at radius 3 is 2.61 bits per heavy atom. The van der Waals surface area contributed by atoms with Gasteiger partial charge in [-0.15, -0.1) is 0 Å². The van der Waals surface area contributed by atoms with E-state index in [0.29, 0.717) is 11.6 Å². The molecule has 1 fully saturated rings. The molecule has 0 aliphatic carbocycles. The molecule has 0 radical (unpaired) electrons. The summed E-state index contributed by atoms with van der Waals surface area (Å²) in [6.45, 7) is 6.41. The molecule has 0 spiro atoms. The first-order valence-electron chi connectivity index (χ1n) is 6.27. The Morgan fingerprint density at radius 1 is 1.39 bits per heavy atom. The SMILES string of the molecule is CC(C)(C1CNCCO1)C(O)c1ccc(Cl)cc1. The van der Waals surface area contributed by atoms with Crippen molar-refractivity contribution in [2.24, 2.45) is 5.41 Å². The normalized spacial score (nSPS) is 22.8. The minimum atomic E-state index is -0.570. The number of aliphatic hydroxyl groups is 1. The van der Waals surface area contributed by atoms with E-state index in [-0.39, 0.29) is 11.5 Å². The topological polar surface area (TPSA) is 41.5 Å². The van der Waals surface area contributed by atoms with Crippen molar-refractivity contribution in [1.82, 2.24) is 5.32 Å². The zero-order valence-corrected chi connectivity index (χ0v) is 11.6. The van der Waals surface area contributed by atoms with Crippen molar-refractivity contribution in [2.75, 3.05) is 19.7 Å². The van der Waals surface area contributed by atoms with E-state index < -0.39 is 6.10 Å². The number of benzene rings is 1. The number of hydrogen-bond acceptors (Lipinski definition) is 3. The van der Waals surface area contributed by atoms with Crippen LogP contribution in [0.1, 0.15) is 25.5 Å². The quantitative estimate of drug-likeness (QED) is 0.885. The van der Waals surface area contributed by atoms with Gasteiger partial charge in [0, 0.05) is 23.5 Å². The molecule has 2 N–H and O–H groups in total. The van der Waals surface area contributed by atoms with Gasteiger partial charge in [0.05, 0.1) is 18.8 Å². The van der Waals surface area contributed by atoms with Crippen LogP contribution in [0.5, 0.6) is 0 Å². The predicted octanol–water partition coefficient (Wildman–Crippen LogP) is 2.39. The maximum Gasteiger partial charge on any atom is 0.0866 e. The van der Waals surface area contributed by atoms with Crippen molar-refractivity contribution in [3.05, 3.63) is 34.9 Å². The van der Waals surface area contributed by atoms with E-state index in [1.807, 2.05) is 26.0 Å². The number of halogens is 1. The number of nitrogens with one attached hydrogen (secondary N) is 1. The monoisotopic (exact) mass is 269 g/mol. The van der Waals surface area contributed by atoms with Gasteiger partial charge in [0.25, 0.3) is 0 Å². The number of ether oxygens (including phenoxy) is 1. The van der Waals surface area contributed by atoms with Gasteiger partial charge in [-0.05, 0) is 17.7 Å². The van der Waals surface area contributed by atoms with Gasteiger partial charge in [0.1, 0.15) is 0 Å². The highest BCUT2D eigenvalue weighted by molar-refractivity contribution is 6.30. The largest absolute Gasteiger partial charge is 0.388 e. The van der Waals surface area contributed by atoms with Gasteiger partial charge in [0.15, 0.2) is 0 Å². The van der Waals surface area contributed by atoms with Gasteiger partial charge in [-0.2, -0.15) is 0 Å². The van der Waals surface area contributed by atoms with E-state index in [1.54, 1.807) is 12.1 Å². The number of rotatable bonds is 3. The van der Waals surface area contributed by atoms with Crippen molar-refractivity contribution in [3.8, 4) is 0 Å². The average molecular weight is 270 g/mol. The third-order valence-corrected chi connectivity index (χ3v) is 3.90. The summed E-state index contributed by atoms with van der Waals surface area (Å²) in [5, 5.41) is 14.5. The Balaban J connectivity index is 2.14. The maximum atomic E-state index is 10.5. The highest BCUT2D eigenvalue weighted by atomic mass is 35.5. The summed E-state index contributed by atoms with van der Waals surface area (Å²) in [6.07, 6.45) is -0.559. The van der Waals surface area contributed by atoms with Crippen LogP contribution < -0.4 is 5.32 Å².